The van der Waals surface area contributed by atoms with E-state index in [1.807, 2.05) is 6.07 Å². The Balaban J connectivity index is 1.90. The van der Waals surface area contributed by atoms with Crippen molar-refractivity contribution in [2.45, 2.75) is 36.6 Å². The van der Waals surface area contributed by atoms with Crippen molar-refractivity contribution in [3.8, 4) is 0 Å². The predicted octanol–water partition coefficient (Wildman–Crippen LogP) is 0.602. The number of benzene rings is 1. The van der Waals surface area contributed by atoms with Crippen LogP contribution in [0.1, 0.15) is 24.8 Å². The van der Waals surface area contributed by atoms with Crippen molar-refractivity contribution in [3.05, 3.63) is 23.8 Å². The summed E-state index contributed by atoms with van der Waals surface area (Å²) in [6, 6.07) is 4.55. The smallest absolute Gasteiger partial charge is 0.241 e. The number of hydrogen-bond acceptors (Lipinski definition) is 4. The minimum Gasteiger partial charge on any atom is -0.385 e. The Morgan fingerprint density at radius 3 is 2.76 bits per heavy atom. The van der Waals surface area contributed by atoms with Gasteiger partial charge in [0.2, 0.25) is 15.9 Å². The van der Waals surface area contributed by atoms with Gasteiger partial charge in [-0.15, -0.1) is 0 Å². The summed E-state index contributed by atoms with van der Waals surface area (Å²) in [5.74, 6) is -0.243. The molecule has 1 saturated heterocycles. The fourth-order valence-electron chi connectivity index (χ4n) is 2.86. The first-order valence-corrected chi connectivity index (χ1v) is 8.72. The molecule has 0 aromatic heterocycles. The van der Waals surface area contributed by atoms with Crippen LogP contribution in [-0.2, 0) is 21.2 Å². The maximum absolute atomic E-state index is 12.6. The number of amides is 1. The lowest BCUT2D eigenvalue weighted by Crippen LogP contribution is -2.50. The van der Waals surface area contributed by atoms with Gasteiger partial charge in [-0.05, 0) is 43.4 Å². The summed E-state index contributed by atoms with van der Waals surface area (Å²) in [7, 11) is -3.69. The van der Waals surface area contributed by atoms with Crippen molar-refractivity contribution in [1.82, 2.24) is 10.0 Å². The van der Waals surface area contributed by atoms with Gasteiger partial charge in [-0.2, -0.15) is 4.72 Å². The van der Waals surface area contributed by atoms with Gasteiger partial charge in [0, 0.05) is 18.8 Å². The zero-order chi connectivity index (χ0) is 14.9. The van der Waals surface area contributed by atoms with Gasteiger partial charge in [0.05, 0.1) is 4.90 Å². The van der Waals surface area contributed by atoms with Gasteiger partial charge < -0.3 is 10.6 Å². The van der Waals surface area contributed by atoms with Crippen molar-refractivity contribution < 1.29 is 13.2 Å². The molecular weight excluding hydrogens is 290 g/mol. The predicted molar refractivity (Wildman–Crippen MR) is 79.6 cm³/mol. The largest absolute Gasteiger partial charge is 0.385 e. The van der Waals surface area contributed by atoms with Gasteiger partial charge in [0.1, 0.15) is 6.04 Å². The molecule has 0 bridgehead atoms. The van der Waals surface area contributed by atoms with Gasteiger partial charge >= 0.3 is 0 Å². The summed E-state index contributed by atoms with van der Waals surface area (Å²) in [5.41, 5.74) is 1.68. The van der Waals surface area contributed by atoms with Crippen molar-refractivity contribution in [2.75, 3.05) is 18.4 Å². The van der Waals surface area contributed by atoms with E-state index < -0.39 is 16.1 Å². The molecule has 2 aliphatic heterocycles. The highest BCUT2D eigenvalue weighted by molar-refractivity contribution is 7.89. The zero-order valence-corrected chi connectivity index (χ0v) is 12.5. The minimum atomic E-state index is -3.69. The summed E-state index contributed by atoms with van der Waals surface area (Å²) >= 11 is 0. The van der Waals surface area contributed by atoms with Crippen LogP contribution in [0, 0.1) is 0 Å². The molecule has 0 spiro atoms. The SMILES string of the molecule is O=C1NCCCC1NS(=O)(=O)c1cccc2c1CCCN2. The first-order chi connectivity index (χ1) is 10.1. The number of carbonyl (C=O) groups excluding carboxylic acids is 1. The maximum Gasteiger partial charge on any atom is 0.241 e. The van der Waals surface area contributed by atoms with Crippen LogP contribution >= 0.6 is 0 Å². The van der Waals surface area contributed by atoms with Gasteiger partial charge in [-0.1, -0.05) is 6.07 Å². The molecule has 0 saturated carbocycles. The van der Waals surface area contributed by atoms with Crippen LogP contribution in [0.25, 0.3) is 0 Å². The summed E-state index contributed by atoms with van der Waals surface area (Å²) in [6.45, 7) is 1.47. The highest BCUT2D eigenvalue weighted by Crippen LogP contribution is 2.28. The van der Waals surface area contributed by atoms with Crippen LogP contribution in [0.5, 0.6) is 0 Å². The third kappa shape index (κ3) is 2.89. The first-order valence-electron chi connectivity index (χ1n) is 7.24. The van der Waals surface area contributed by atoms with Gasteiger partial charge in [0.15, 0.2) is 0 Å². The zero-order valence-electron chi connectivity index (χ0n) is 11.7. The first kappa shape index (κ1) is 14.3. The number of hydrogen-bond donors (Lipinski definition) is 3. The van der Waals surface area contributed by atoms with Crippen molar-refractivity contribution in [1.29, 1.82) is 0 Å². The molecule has 1 aromatic carbocycles. The molecule has 7 heteroatoms. The number of anilines is 1. The molecule has 21 heavy (non-hydrogen) atoms. The molecule has 1 amide bonds. The Kier molecular flexibility index (Phi) is 3.86. The summed E-state index contributed by atoms with van der Waals surface area (Å²) in [5, 5.41) is 5.91. The summed E-state index contributed by atoms with van der Waals surface area (Å²) in [6.07, 6.45) is 2.96. The Labute approximate surface area is 124 Å². The number of rotatable bonds is 3. The van der Waals surface area contributed by atoms with Crippen LogP contribution < -0.4 is 15.4 Å². The molecule has 1 aromatic rings. The average molecular weight is 309 g/mol. The highest BCUT2D eigenvalue weighted by Gasteiger charge is 2.29. The monoisotopic (exact) mass is 309 g/mol. The average Bonchev–Trinajstić information content (AvgIpc) is 2.49. The lowest BCUT2D eigenvalue weighted by molar-refractivity contribution is -0.124. The van der Waals surface area contributed by atoms with Crippen molar-refractivity contribution in [3.63, 3.8) is 0 Å². The molecule has 3 N–H and O–H groups in total. The normalized spacial score (nSPS) is 22.1. The standard InChI is InChI=1S/C14H19N3O3S/c18-14-12(6-3-9-16-14)17-21(19,20)13-7-1-5-11-10(13)4-2-8-15-11/h1,5,7,12,15,17H,2-4,6,8-9H2,(H,16,18). The third-order valence-corrected chi connectivity index (χ3v) is 5.48. The number of nitrogens with one attached hydrogen (secondary N) is 3. The quantitative estimate of drug-likeness (QED) is 0.763. The van der Waals surface area contributed by atoms with Gasteiger partial charge in [-0.3, -0.25) is 4.79 Å². The fourth-order valence-corrected chi connectivity index (χ4v) is 4.38. The van der Waals surface area contributed by atoms with Crippen LogP contribution in [-0.4, -0.2) is 33.5 Å². The summed E-state index contributed by atoms with van der Waals surface area (Å²) < 4.78 is 27.7. The molecule has 2 heterocycles. The Morgan fingerprint density at radius 2 is 1.95 bits per heavy atom. The van der Waals surface area contributed by atoms with Gasteiger partial charge in [-0.25, -0.2) is 8.42 Å². The second-order valence-electron chi connectivity index (χ2n) is 5.42. The third-order valence-electron chi connectivity index (χ3n) is 3.92. The van der Waals surface area contributed by atoms with Crippen molar-refractivity contribution >= 4 is 21.6 Å². The molecule has 1 fully saturated rings. The number of carbonyl (C=O) groups is 1. The van der Waals surface area contributed by atoms with E-state index in [2.05, 4.69) is 15.4 Å². The van der Waals surface area contributed by atoms with Gasteiger partial charge in [0.25, 0.3) is 0 Å². The Morgan fingerprint density at radius 1 is 1.14 bits per heavy atom. The van der Waals surface area contributed by atoms with E-state index in [9.17, 15) is 13.2 Å². The van der Waals surface area contributed by atoms with Crippen LogP contribution in [0.3, 0.4) is 0 Å². The Bertz CT molecular complexity index is 657. The Hall–Kier alpha value is -1.60. The van der Waals surface area contributed by atoms with E-state index in [1.54, 1.807) is 12.1 Å². The van der Waals surface area contributed by atoms with Crippen LogP contribution in [0.15, 0.2) is 23.1 Å². The second-order valence-corrected chi connectivity index (χ2v) is 7.10. The number of piperidine rings is 1. The molecule has 114 valence electrons. The molecule has 1 atom stereocenters. The second kappa shape index (κ2) is 5.65. The minimum absolute atomic E-state index is 0.243. The molecular formula is C14H19N3O3S. The molecule has 0 aliphatic carbocycles. The topological polar surface area (TPSA) is 87.3 Å². The van der Waals surface area contributed by atoms with E-state index in [1.165, 1.54) is 0 Å². The number of fused-ring (bicyclic) bond motifs is 1. The van der Waals surface area contributed by atoms with E-state index in [-0.39, 0.29) is 10.8 Å². The van der Waals surface area contributed by atoms with E-state index in [0.717, 1.165) is 37.1 Å². The lowest BCUT2D eigenvalue weighted by Gasteiger charge is -2.25. The van der Waals surface area contributed by atoms with Crippen LogP contribution in [0.4, 0.5) is 5.69 Å². The fraction of sp³-hybridized carbons (Fsp3) is 0.500. The highest BCUT2D eigenvalue weighted by atomic mass is 32.2. The molecule has 0 radical (unpaired) electrons. The maximum atomic E-state index is 12.6. The molecule has 3 rings (SSSR count). The van der Waals surface area contributed by atoms with E-state index in [4.69, 9.17) is 0 Å². The summed E-state index contributed by atoms with van der Waals surface area (Å²) in [4.78, 5) is 12.0. The lowest BCUT2D eigenvalue weighted by atomic mass is 10.0. The van der Waals surface area contributed by atoms with Crippen molar-refractivity contribution in [2.24, 2.45) is 0 Å². The molecule has 2 aliphatic rings. The molecule has 6 nitrogen and oxygen atoms in total. The van der Waals surface area contributed by atoms with Crippen LogP contribution in [0.2, 0.25) is 0 Å². The van der Waals surface area contributed by atoms with E-state index in [0.29, 0.717) is 13.0 Å². The number of sulfonamides is 1. The molecule has 1 unspecified atom stereocenters. The van der Waals surface area contributed by atoms with E-state index >= 15 is 0 Å².